The number of aromatic amines is 1. The number of imidazole rings is 1. The third kappa shape index (κ3) is 4.82. The number of aryl methyl sites for hydroxylation is 3. The normalized spacial score (nSPS) is 10.9. The predicted molar refractivity (Wildman–Crippen MR) is 69.8 cm³/mol. The number of rotatable bonds is 8. The molecule has 0 aliphatic rings. The Bertz CT molecular complexity index is 269. The lowest BCUT2D eigenvalue weighted by atomic mass is 10.1. The van der Waals surface area contributed by atoms with Crippen molar-refractivity contribution in [1.29, 1.82) is 0 Å². The summed E-state index contributed by atoms with van der Waals surface area (Å²) in [5, 5.41) is 0. The molecule has 0 aliphatic carbocycles. The molecule has 0 atom stereocenters. The summed E-state index contributed by atoms with van der Waals surface area (Å²) < 4.78 is 0. The van der Waals surface area contributed by atoms with E-state index in [4.69, 9.17) is 0 Å². The molecule has 0 saturated carbocycles. The zero-order chi connectivity index (χ0) is 11.8. The minimum Gasteiger partial charge on any atom is -0.346 e. The highest BCUT2D eigenvalue weighted by Gasteiger charge is 2.01. The smallest absolute Gasteiger partial charge is 0.106 e. The van der Waals surface area contributed by atoms with Gasteiger partial charge in [0.2, 0.25) is 0 Å². The van der Waals surface area contributed by atoms with E-state index in [1.807, 2.05) is 0 Å². The van der Waals surface area contributed by atoms with Crippen molar-refractivity contribution in [2.45, 2.75) is 72.1 Å². The predicted octanol–water partition coefficient (Wildman–Crippen LogP) is 4.32. The Morgan fingerprint density at radius 3 is 2.12 bits per heavy atom. The van der Waals surface area contributed by atoms with Gasteiger partial charge in [-0.15, -0.1) is 0 Å². The molecule has 2 nitrogen and oxygen atoms in total. The van der Waals surface area contributed by atoms with Crippen molar-refractivity contribution in [3.05, 3.63) is 17.2 Å². The van der Waals surface area contributed by atoms with E-state index >= 15 is 0 Å². The van der Waals surface area contributed by atoms with E-state index in [0.29, 0.717) is 0 Å². The summed E-state index contributed by atoms with van der Waals surface area (Å²) in [7, 11) is 0. The molecule has 1 heterocycles. The fourth-order valence-electron chi connectivity index (χ4n) is 1.99. The molecule has 0 fully saturated rings. The molecule has 92 valence electrons. The Kier molecular flexibility index (Phi) is 6.20. The van der Waals surface area contributed by atoms with E-state index in [1.54, 1.807) is 0 Å². The molecule has 0 aromatic carbocycles. The van der Waals surface area contributed by atoms with Gasteiger partial charge in [-0.1, -0.05) is 45.4 Å². The van der Waals surface area contributed by atoms with Crippen molar-refractivity contribution in [2.24, 2.45) is 0 Å². The molecular weight excluding hydrogens is 196 g/mol. The number of nitrogens with one attached hydrogen (secondary N) is 1. The molecule has 1 rings (SSSR count). The fourth-order valence-corrected chi connectivity index (χ4v) is 1.99. The van der Waals surface area contributed by atoms with Gasteiger partial charge < -0.3 is 4.98 Å². The summed E-state index contributed by atoms with van der Waals surface area (Å²) in [6.45, 7) is 6.43. The zero-order valence-electron chi connectivity index (χ0n) is 11.1. The van der Waals surface area contributed by atoms with Crippen molar-refractivity contribution in [2.75, 3.05) is 0 Å². The van der Waals surface area contributed by atoms with E-state index in [0.717, 1.165) is 12.1 Å². The lowest BCUT2D eigenvalue weighted by Gasteiger charge is -1.99. The minimum atomic E-state index is 1.11. The van der Waals surface area contributed by atoms with Crippen LogP contribution in [-0.4, -0.2) is 9.97 Å². The van der Waals surface area contributed by atoms with E-state index in [9.17, 15) is 0 Å². The number of hydrogen-bond acceptors (Lipinski definition) is 1. The molecule has 1 aromatic rings. The summed E-state index contributed by atoms with van der Waals surface area (Å²) in [4.78, 5) is 7.85. The lowest BCUT2D eigenvalue weighted by Crippen LogP contribution is -1.89. The largest absolute Gasteiger partial charge is 0.346 e. The van der Waals surface area contributed by atoms with Crippen LogP contribution in [0.4, 0.5) is 0 Å². The summed E-state index contributed by atoms with van der Waals surface area (Å²) in [6, 6.07) is 0. The summed E-state index contributed by atoms with van der Waals surface area (Å²) in [5.41, 5.74) is 2.37. The first kappa shape index (κ1) is 13.3. The molecule has 0 amide bonds. The maximum atomic E-state index is 4.50. The van der Waals surface area contributed by atoms with Crippen molar-refractivity contribution in [3.8, 4) is 0 Å². The van der Waals surface area contributed by atoms with Gasteiger partial charge >= 0.3 is 0 Å². The van der Waals surface area contributed by atoms with Crippen molar-refractivity contribution in [1.82, 2.24) is 9.97 Å². The molecule has 1 aromatic heterocycles. The lowest BCUT2D eigenvalue weighted by molar-refractivity contribution is 0.585. The van der Waals surface area contributed by atoms with Crippen LogP contribution in [0.5, 0.6) is 0 Å². The Labute approximate surface area is 99.9 Å². The van der Waals surface area contributed by atoms with E-state index in [-0.39, 0.29) is 0 Å². The number of aromatic nitrogens is 2. The van der Waals surface area contributed by atoms with Gasteiger partial charge in [0, 0.05) is 12.1 Å². The first-order chi connectivity index (χ1) is 7.74. The van der Waals surface area contributed by atoms with E-state index < -0.39 is 0 Å². The van der Waals surface area contributed by atoms with Gasteiger partial charge in [-0.2, -0.15) is 0 Å². The van der Waals surface area contributed by atoms with Crippen LogP contribution in [0.3, 0.4) is 0 Å². The molecule has 16 heavy (non-hydrogen) atoms. The maximum Gasteiger partial charge on any atom is 0.106 e. The summed E-state index contributed by atoms with van der Waals surface area (Å²) in [5.74, 6) is 1.17. The van der Waals surface area contributed by atoms with Gasteiger partial charge in [0.15, 0.2) is 0 Å². The average molecular weight is 222 g/mol. The van der Waals surface area contributed by atoms with Crippen LogP contribution >= 0.6 is 0 Å². The number of hydrogen-bond donors (Lipinski definition) is 1. The number of unbranched alkanes of at least 4 members (excludes halogenated alkanes) is 6. The standard InChI is InChI=1S/C14H26N2/c1-4-5-6-7-8-9-10-11-14-15-12(2)13(3)16-14/h4-11H2,1-3H3,(H,15,16). The van der Waals surface area contributed by atoms with Crippen molar-refractivity contribution < 1.29 is 0 Å². The Hall–Kier alpha value is -0.790. The Morgan fingerprint density at radius 1 is 0.938 bits per heavy atom. The monoisotopic (exact) mass is 222 g/mol. The van der Waals surface area contributed by atoms with Crippen LogP contribution in [0, 0.1) is 13.8 Å². The maximum absolute atomic E-state index is 4.50. The second kappa shape index (κ2) is 7.48. The highest BCUT2D eigenvalue weighted by Crippen LogP contribution is 2.10. The summed E-state index contributed by atoms with van der Waals surface area (Å²) in [6.07, 6.45) is 10.7. The highest BCUT2D eigenvalue weighted by atomic mass is 14.9. The van der Waals surface area contributed by atoms with Gasteiger partial charge in [-0.05, 0) is 20.3 Å². The topological polar surface area (TPSA) is 28.7 Å². The first-order valence-corrected chi connectivity index (χ1v) is 6.76. The van der Waals surface area contributed by atoms with Gasteiger partial charge in [-0.3, -0.25) is 0 Å². The SMILES string of the molecule is CCCCCCCCCc1nc(C)c(C)[nH]1. The third-order valence-electron chi connectivity index (χ3n) is 3.19. The number of H-pyrrole nitrogens is 1. The zero-order valence-corrected chi connectivity index (χ0v) is 11.1. The van der Waals surface area contributed by atoms with Crippen LogP contribution in [0.15, 0.2) is 0 Å². The molecule has 0 spiro atoms. The molecule has 2 heteroatoms. The fraction of sp³-hybridized carbons (Fsp3) is 0.786. The third-order valence-corrected chi connectivity index (χ3v) is 3.19. The minimum absolute atomic E-state index is 1.11. The van der Waals surface area contributed by atoms with Crippen LogP contribution in [-0.2, 0) is 6.42 Å². The van der Waals surface area contributed by atoms with Crippen molar-refractivity contribution in [3.63, 3.8) is 0 Å². The van der Waals surface area contributed by atoms with Crippen LogP contribution in [0.1, 0.15) is 69.1 Å². The first-order valence-electron chi connectivity index (χ1n) is 6.76. The second-order valence-electron chi connectivity index (χ2n) is 4.77. The molecule has 0 unspecified atom stereocenters. The van der Waals surface area contributed by atoms with Crippen LogP contribution in [0.25, 0.3) is 0 Å². The molecule has 0 saturated heterocycles. The molecule has 1 N–H and O–H groups in total. The molecule has 0 aliphatic heterocycles. The number of nitrogens with zero attached hydrogens (tertiary/aromatic N) is 1. The molecule has 0 radical (unpaired) electrons. The molecule has 0 bridgehead atoms. The van der Waals surface area contributed by atoms with Crippen LogP contribution in [0.2, 0.25) is 0 Å². The second-order valence-corrected chi connectivity index (χ2v) is 4.77. The molecular formula is C14H26N2. The quantitative estimate of drug-likeness (QED) is 0.652. The van der Waals surface area contributed by atoms with E-state index in [2.05, 4.69) is 30.7 Å². The highest BCUT2D eigenvalue weighted by molar-refractivity contribution is 5.10. The Morgan fingerprint density at radius 2 is 1.56 bits per heavy atom. The summed E-state index contributed by atoms with van der Waals surface area (Å²) >= 11 is 0. The van der Waals surface area contributed by atoms with Gasteiger partial charge in [-0.25, -0.2) is 4.98 Å². The van der Waals surface area contributed by atoms with Gasteiger partial charge in [0.25, 0.3) is 0 Å². The van der Waals surface area contributed by atoms with E-state index in [1.165, 1.54) is 56.5 Å². The van der Waals surface area contributed by atoms with Crippen molar-refractivity contribution >= 4 is 0 Å². The van der Waals surface area contributed by atoms with Gasteiger partial charge in [0.1, 0.15) is 5.82 Å². The average Bonchev–Trinajstić information content (AvgIpc) is 2.57. The van der Waals surface area contributed by atoms with Crippen LogP contribution < -0.4 is 0 Å². The van der Waals surface area contributed by atoms with Gasteiger partial charge in [0.05, 0.1) is 5.69 Å². The Balaban J connectivity index is 2.03.